The highest BCUT2D eigenvalue weighted by Crippen LogP contribution is 2.27. The number of carbonyl (C=O) groups is 1. The van der Waals surface area contributed by atoms with Crippen LogP contribution in [0.3, 0.4) is 0 Å². The van der Waals surface area contributed by atoms with E-state index in [1.165, 1.54) is 6.20 Å². The number of hydrogen-bond acceptors (Lipinski definition) is 4. The molecule has 0 aromatic carbocycles. The molecule has 0 radical (unpaired) electrons. The van der Waals surface area contributed by atoms with E-state index in [1.807, 2.05) is 35.0 Å². The lowest BCUT2D eigenvalue weighted by molar-refractivity contribution is 0.0710. The number of imidazole rings is 1. The third-order valence-corrected chi connectivity index (χ3v) is 4.13. The smallest absolute Gasteiger partial charge is 0.255 e. The molecule has 1 amide bonds. The van der Waals surface area contributed by atoms with Gasteiger partial charge in [-0.15, -0.1) is 0 Å². The van der Waals surface area contributed by atoms with Crippen LogP contribution in [0.25, 0.3) is 0 Å². The van der Waals surface area contributed by atoms with Gasteiger partial charge < -0.3 is 9.47 Å². The van der Waals surface area contributed by atoms with Crippen molar-refractivity contribution in [1.29, 1.82) is 5.26 Å². The van der Waals surface area contributed by atoms with Gasteiger partial charge in [0.2, 0.25) is 0 Å². The number of carbonyl (C=O) groups excluding carboxylic acids is 1. The fraction of sp³-hybridized carbons (Fsp3) is 0.375. The molecule has 2 aromatic heterocycles. The molecule has 0 bridgehead atoms. The van der Waals surface area contributed by atoms with Crippen molar-refractivity contribution in [1.82, 2.24) is 19.4 Å². The first-order chi connectivity index (χ1) is 10.7. The maximum atomic E-state index is 12.4. The minimum atomic E-state index is -0.0183. The monoisotopic (exact) mass is 295 g/mol. The molecule has 0 aliphatic carbocycles. The van der Waals surface area contributed by atoms with Crippen LogP contribution in [0.4, 0.5) is 0 Å². The fourth-order valence-electron chi connectivity index (χ4n) is 2.88. The van der Waals surface area contributed by atoms with E-state index in [0.717, 1.165) is 31.8 Å². The van der Waals surface area contributed by atoms with Crippen molar-refractivity contribution in [3.63, 3.8) is 0 Å². The predicted octanol–water partition coefficient (Wildman–Crippen LogP) is 1.71. The van der Waals surface area contributed by atoms with Crippen LogP contribution < -0.4 is 0 Å². The Labute approximate surface area is 129 Å². The third-order valence-electron chi connectivity index (χ3n) is 4.13. The first kappa shape index (κ1) is 14.3. The van der Waals surface area contributed by atoms with Gasteiger partial charge in [0.1, 0.15) is 17.6 Å². The van der Waals surface area contributed by atoms with E-state index in [9.17, 15) is 4.79 Å². The lowest BCUT2D eigenvalue weighted by atomic mass is 9.95. The van der Waals surface area contributed by atoms with Crippen molar-refractivity contribution in [2.75, 3.05) is 13.1 Å². The number of aryl methyl sites for hydroxylation is 1. The van der Waals surface area contributed by atoms with Gasteiger partial charge in [-0.3, -0.25) is 4.79 Å². The summed E-state index contributed by atoms with van der Waals surface area (Å²) in [6, 6.07) is 5.20. The zero-order valence-electron chi connectivity index (χ0n) is 12.4. The number of aromatic nitrogens is 3. The quantitative estimate of drug-likeness (QED) is 0.845. The molecule has 22 heavy (non-hydrogen) atoms. The molecule has 3 rings (SSSR count). The molecule has 1 fully saturated rings. The molecule has 1 saturated heterocycles. The topological polar surface area (TPSA) is 74.8 Å². The highest BCUT2D eigenvalue weighted by molar-refractivity contribution is 5.94. The average Bonchev–Trinajstić information content (AvgIpc) is 3.00. The second-order valence-electron chi connectivity index (χ2n) is 5.51. The van der Waals surface area contributed by atoms with Crippen LogP contribution in [0, 0.1) is 11.3 Å². The Morgan fingerprint density at radius 1 is 1.32 bits per heavy atom. The van der Waals surface area contributed by atoms with Gasteiger partial charge in [0.15, 0.2) is 0 Å². The van der Waals surface area contributed by atoms with Crippen molar-refractivity contribution in [3.05, 3.63) is 47.8 Å². The molecule has 0 N–H and O–H groups in total. The van der Waals surface area contributed by atoms with Gasteiger partial charge in [-0.25, -0.2) is 9.97 Å². The number of piperidine rings is 1. The summed E-state index contributed by atoms with van der Waals surface area (Å²) in [4.78, 5) is 22.7. The van der Waals surface area contributed by atoms with Crippen LogP contribution in [0.5, 0.6) is 0 Å². The zero-order chi connectivity index (χ0) is 15.5. The summed E-state index contributed by atoms with van der Waals surface area (Å²) in [5, 5.41) is 8.74. The fourth-order valence-corrected chi connectivity index (χ4v) is 2.88. The van der Waals surface area contributed by atoms with Crippen LogP contribution in [0.15, 0.2) is 30.7 Å². The van der Waals surface area contributed by atoms with Gasteiger partial charge in [-0.2, -0.15) is 5.26 Å². The predicted molar refractivity (Wildman–Crippen MR) is 80.0 cm³/mol. The summed E-state index contributed by atoms with van der Waals surface area (Å²) in [6.07, 6.45) is 7.08. The summed E-state index contributed by atoms with van der Waals surface area (Å²) in [5.74, 6) is 1.48. The summed E-state index contributed by atoms with van der Waals surface area (Å²) >= 11 is 0. The van der Waals surface area contributed by atoms with E-state index in [-0.39, 0.29) is 5.91 Å². The molecule has 6 nitrogen and oxygen atoms in total. The standard InChI is InChI=1S/C16H17N5O/c1-20-9-6-18-15(20)12-4-7-21(8-5-12)16(22)13-2-3-14(10-17)19-11-13/h2-3,6,9,11-12H,4-5,7-8H2,1H3. The van der Waals surface area contributed by atoms with E-state index < -0.39 is 0 Å². The van der Waals surface area contributed by atoms with Crippen molar-refractivity contribution >= 4 is 5.91 Å². The van der Waals surface area contributed by atoms with Crippen molar-refractivity contribution < 1.29 is 4.79 Å². The minimum Gasteiger partial charge on any atom is -0.339 e. The molecule has 0 saturated carbocycles. The SMILES string of the molecule is Cn1ccnc1C1CCN(C(=O)c2ccc(C#N)nc2)CC1. The van der Waals surface area contributed by atoms with Gasteiger partial charge in [0, 0.05) is 44.6 Å². The molecule has 1 aliphatic rings. The second kappa shape index (κ2) is 5.98. The second-order valence-corrected chi connectivity index (χ2v) is 5.51. The van der Waals surface area contributed by atoms with E-state index in [0.29, 0.717) is 17.2 Å². The van der Waals surface area contributed by atoms with Crippen LogP contribution in [0.1, 0.15) is 40.6 Å². The van der Waals surface area contributed by atoms with Gasteiger partial charge in [0.25, 0.3) is 5.91 Å². The van der Waals surface area contributed by atoms with E-state index in [2.05, 4.69) is 9.97 Å². The number of pyridine rings is 1. The number of likely N-dealkylation sites (tertiary alicyclic amines) is 1. The molecule has 0 unspecified atom stereocenters. The maximum absolute atomic E-state index is 12.4. The Morgan fingerprint density at radius 2 is 2.09 bits per heavy atom. The maximum Gasteiger partial charge on any atom is 0.255 e. The molecule has 0 atom stereocenters. The molecule has 1 aliphatic heterocycles. The lowest BCUT2D eigenvalue weighted by Gasteiger charge is -2.31. The Bertz CT molecular complexity index is 705. The number of nitrogens with zero attached hydrogens (tertiary/aromatic N) is 5. The van der Waals surface area contributed by atoms with E-state index >= 15 is 0 Å². The van der Waals surface area contributed by atoms with Gasteiger partial charge in [0.05, 0.1) is 5.56 Å². The highest BCUT2D eigenvalue weighted by Gasteiger charge is 2.26. The van der Waals surface area contributed by atoms with Crippen LogP contribution in [-0.2, 0) is 7.05 Å². The summed E-state index contributed by atoms with van der Waals surface area (Å²) < 4.78 is 2.05. The molecule has 0 spiro atoms. The van der Waals surface area contributed by atoms with E-state index in [4.69, 9.17) is 5.26 Å². The number of hydrogen-bond donors (Lipinski definition) is 0. The first-order valence-corrected chi connectivity index (χ1v) is 7.31. The molecular weight excluding hydrogens is 278 g/mol. The molecule has 2 aromatic rings. The largest absolute Gasteiger partial charge is 0.339 e. The molecule has 3 heterocycles. The zero-order valence-corrected chi connectivity index (χ0v) is 12.4. The van der Waals surface area contributed by atoms with Crippen molar-refractivity contribution in [3.8, 4) is 6.07 Å². The van der Waals surface area contributed by atoms with Gasteiger partial charge >= 0.3 is 0 Å². The average molecular weight is 295 g/mol. The minimum absolute atomic E-state index is 0.0183. The Hall–Kier alpha value is -2.68. The molecule has 112 valence electrons. The normalized spacial score (nSPS) is 15.5. The third kappa shape index (κ3) is 2.70. The van der Waals surface area contributed by atoms with Gasteiger partial charge in [-0.1, -0.05) is 0 Å². The highest BCUT2D eigenvalue weighted by atomic mass is 16.2. The Kier molecular flexibility index (Phi) is 3.88. The van der Waals surface area contributed by atoms with Crippen LogP contribution in [-0.4, -0.2) is 38.4 Å². The van der Waals surface area contributed by atoms with E-state index in [1.54, 1.807) is 12.1 Å². The lowest BCUT2D eigenvalue weighted by Crippen LogP contribution is -2.38. The van der Waals surface area contributed by atoms with Crippen molar-refractivity contribution in [2.45, 2.75) is 18.8 Å². The van der Waals surface area contributed by atoms with Crippen LogP contribution >= 0.6 is 0 Å². The number of nitriles is 1. The summed E-state index contributed by atoms with van der Waals surface area (Å²) in [7, 11) is 2.00. The number of rotatable bonds is 2. The Balaban J connectivity index is 1.64. The van der Waals surface area contributed by atoms with Crippen molar-refractivity contribution in [2.24, 2.45) is 7.05 Å². The Morgan fingerprint density at radius 3 is 2.64 bits per heavy atom. The molecule has 6 heteroatoms. The summed E-state index contributed by atoms with van der Waals surface area (Å²) in [5.41, 5.74) is 0.861. The van der Waals surface area contributed by atoms with Crippen LogP contribution in [0.2, 0.25) is 0 Å². The summed E-state index contributed by atoms with van der Waals surface area (Å²) in [6.45, 7) is 1.44. The molecular formula is C16H17N5O. The van der Waals surface area contributed by atoms with Gasteiger partial charge in [-0.05, 0) is 25.0 Å². The first-order valence-electron chi connectivity index (χ1n) is 7.31. The number of amides is 1.